The molecule has 7 heteroatoms. The number of ether oxygens (including phenoxy) is 1. The SMILES string of the molecule is CCC(C)(C)C(=O)OCCNP(=O)(O)O. The molecule has 0 radical (unpaired) electrons. The van der Waals surface area contributed by atoms with Gasteiger partial charge in [-0.05, 0) is 20.3 Å². The molecule has 0 aliphatic carbocycles. The van der Waals surface area contributed by atoms with Crippen LogP contribution in [0.1, 0.15) is 27.2 Å². The van der Waals surface area contributed by atoms with Crippen LogP contribution >= 0.6 is 7.75 Å². The Kier molecular flexibility index (Phi) is 5.45. The van der Waals surface area contributed by atoms with Gasteiger partial charge in [-0.15, -0.1) is 0 Å². The van der Waals surface area contributed by atoms with Crippen LogP contribution in [0.4, 0.5) is 0 Å². The van der Waals surface area contributed by atoms with E-state index in [4.69, 9.17) is 14.5 Å². The lowest BCUT2D eigenvalue weighted by molar-refractivity contribution is -0.153. The summed E-state index contributed by atoms with van der Waals surface area (Å²) in [4.78, 5) is 28.3. The van der Waals surface area contributed by atoms with Crippen LogP contribution in [0.15, 0.2) is 0 Å². The number of hydrogen-bond donors (Lipinski definition) is 3. The van der Waals surface area contributed by atoms with Crippen molar-refractivity contribution in [2.45, 2.75) is 27.2 Å². The van der Waals surface area contributed by atoms with E-state index < -0.39 is 13.2 Å². The number of nitrogens with one attached hydrogen (secondary N) is 1. The van der Waals surface area contributed by atoms with Gasteiger partial charge in [0.15, 0.2) is 0 Å². The van der Waals surface area contributed by atoms with Gasteiger partial charge in [0.25, 0.3) is 0 Å². The van der Waals surface area contributed by atoms with Crippen molar-refractivity contribution in [3.8, 4) is 0 Å². The van der Waals surface area contributed by atoms with Gasteiger partial charge in [0, 0.05) is 6.54 Å². The summed E-state index contributed by atoms with van der Waals surface area (Å²) in [6.07, 6.45) is 0.651. The third kappa shape index (κ3) is 6.62. The molecule has 3 N–H and O–H groups in total. The van der Waals surface area contributed by atoms with E-state index in [9.17, 15) is 9.36 Å². The number of esters is 1. The van der Waals surface area contributed by atoms with Gasteiger partial charge in [0.2, 0.25) is 0 Å². The summed E-state index contributed by atoms with van der Waals surface area (Å²) in [5, 5.41) is 1.94. The van der Waals surface area contributed by atoms with Crippen molar-refractivity contribution in [3.05, 3.63) is 0 Å². The Morgan fingerprint density at radius 1 is 1.47 bits per heavy atom. The van der Waals surface area contributed by atoms with Gasteiger partial charge >= 0.3 is 13.7 Å². The third-order valence-corrected chi connectivity index (χ3v) is 2.73. The highest BCUT2D eigenvalue weighted by Crippen LogP contribution is 2.27. The minimum absolute atomic E-state index is 0.0482. The van der Waals surface area contributed by atoms with Crippen LogP contribution in [-0.4, -0.2) is 28.9 Å². The Morgan fingerprint density at radius 3 is 2.40 bits per heavy atom. The monoisotopic (exact) mass is 239 g/mol. The molecule has 0 aliphatic heterocycles. The molecule has 0 spiro atoms. The predicted molar refractivity (Wildman–Crippen MR) is 55.1 cm³/mol. The molecule has 15 heavy (non-hydrogen) atoms. The molecule has 0 atom stereocenters. The van der Waals surface area contributed by atoms with Crippen molar-refractivity contribution in [3.63, 3.8) is 0 Å². The summed E-state index contributed by atoms with van der Waals surface area (Å²) < 4.78 is 15.2. The van der Waals surface area contributed by atoms with E-state index in [1.807, 2.05) is 12.0 Å². The molecule has 0 amide bonds. The molecule has 0 bridgehead atoms. The molecule has 0 rings (SSSR count). The topological polar surface area (TPSA) is 95.9 Å². The highest BCUT2D eigenvalue weighted by molar-refractivity contribution is 7.49. The van der Waals surface area contributed by atoms with Crippen molar-refractivity contribution >= 4 is 13.7 Å². The fraction of sp³-hybridized carbons (Fsp3) is 0.875. The smallest absolute Gasteiger partial charge is 0.400 e. The van der Waals surface area contributed by atoms with Crippen LogP contribution in [0.2, 0.25) is 0 Å². The fourth-order valence-corrected chi connectivity index (χ4v) is 1.06. The van der Waals surface area contributed by atoms with Crippen molar-refractivity contribution in [2.75, 3.05) is 13.2 Å². The largest absolute Gasteiger partial charge is 0.464 e. The number of rotatable bonds is 6. The zero-order valence-electron chi connectivity index (χ0n) is 9.19. The van der Waals surface area contributed by atoms with Gasteiger partial charge in [-0.2, -0.15) is 0 Å². The van der Waals surface area contributed by atoms with Crippen LogP contribution < -0.4 is 5.09 Å². The zero-order chi connectivity index (χ0) is 12.1. The van der Waals surface area contributed by atoms with Gasteiger partial charge in [-0.3, -0.25) is 4.79 Å². The summed E-state index contributed by atoms with van der Waals surface area (Å²) in [6, 6.07) is 0. The van der Waals surface area contributed by atoms with Gasteiger partial charge < -0.3 is 14.5 Å². The molecule has 0 saturated heterocycles. The Labute approximate surface area is 89.2 Å². The second-order valence-electron chi connectivity index (χ2n) is 3.83. The number of carbonyl (C=O) groups excluding carboxylic acids is 1. The second-order valence-corrected chi connectivity index (χ2v) is 5.23. The van der Waals surface area contributed by atoms with Crippen molar-refractivity contribution in [1.29, 1.82) is 0 Å². The molecule has 0 fully saturated rings. The molecule has 0 aromatic heterocycles. The highest BCUT2D eigenvalue weighted by Gasteiger charge is 2.26. The molecule has 0 aromatic rings. The first kappa shape index (κ1) is 14.6. The summed E-state index contributed by atoms with van der Waals surface area (Å²) in [5.74, 6) is -0.363. The minimum atomic E-state index is -4.21. The Balaban J connectivity index is 3.79. The van der Waals surface area contributed by atoms with Crippen molar-refractivity contribution in [1.82, 2.24) is 5.09 Å². The summed E-state index contributed by atoms with van der Waals surface area (Å²) in [7, 11) is -4.21. The molecule has 0 saturated carbocycles. The van der Waals surface area contributed by atoms with Gasteiger partial charge in [-0.25, -0.2) is 9.65 Å². The Bertz CT molecular complexity index is 260. The van der Waals surface area contributed by atoms with E-state index in [-0.39, 0.29) is 19.1 Å². The Morgan fingerprint density at radius 2 is 2.00 bits per heavy atom. The maximum atomic E-state index is 11.4. The van der Waals surface area contributed by atoms with E-state index in [0.717, 1.165) is 0 Å². The zero-order valence-corrected chi connectivity index (χ0v) is 10.1. The highest BCUT2D eigenvalue weighted by atomic mass is 31.2. The quantitative estimate of drug-likeness (QED) is 0.358. The Hall–Kier alpha value is -0.420. The van der Waals surface area contributed by atoms with E-state index >= 15 is 0 Å². The van der Waals surface area contributed by atoms with Crippen molar-refractivity contribution < 1.29 is 23.9 Å². The average molecular weight is 239 g/mol. The second kappa shape index (κ2) is 5.61. The molecular weight excluding hydrogens is 221 g/mol. The summed E-state index contributed by atoms with van der Waals surface area (Å²) in [5.41, 5.74) is -0.553. The summed E-state index contributed by atoms with van der Waals surface area (Å²) in [6.45, 7) is 5.27. The lowest BCUT2D eigenvalue weighted by Gasteiger charge is -2.20. The van der Waals surface area contributed by atoms with Gasteiger partial charge in [0.05, 0.1) is 5.41 Å². The summed E-state index contributed by atoms with van der Waals surface area (Å²) >= 11 is 0. The van der Waals surface area contributed by atoms with Crippen LogP contribution in [0.3, 0.4) is 0 Å². The van der Waals surface area contributed by atoms with Crippen molar-refractivity contribution in [2.24, 2.45) is 5.41 Å². The van der Waals surface area contributed by atoms with Gasteiger partial charge in [-0.1, -0.05) is 6.92 Å². The molecule has 0 aromatic carbocycles. The molecule has 0 unspecified atom stereocenters. The number of hydrogen-bond acceptors (Lipinski definition) is 3. The van der Waals surface area contributed by atoms with Crippen LogP contribution in [-0.2, 0) is 14.1 Å². The first-order valence-corrected chi connectivity index (χ1v) is 6.28. The van der Waals surface area contributed by atoms with E-state index in [1.54, 1.807) is 13.8 Å². The standard InChI is InChI=1S/C8H18NO5P/c1-4-8(2,3)7(10)14-6-5-9-15(11,12)13/h4-6H2,1-3H3,(H3,9,11,12,13). The molecular formula is C8H18NO5P. The molecule has 90 valence electrons. The number of carbonyl (C=O) groups is 1. The predicted octanol–water partition coefficient (Wildman–Crippen LogP) is 0.648. The van der Waals surface area contributed by atoms with E-state index in [2.05, 4.69) is 0 Å². The molecule has 6 nitrogen and oxygen atoms in total. The molecule has 0 aliphatic rings. The fourth-order valence-electron chi connectivity index (χ4n) is 0.675. The van der Waals surface area contributed by atoms with E-state index in [1.165, 1.54) is 0 Å². The average Bonchev–Trinajstić information content (AvgIpc) is 2.10. The minimum Gasteiger partial charge on any atom is -0.464 e. The van der Waals surface area contributed by atoms with Crippen LogP contribution in [0.25, 0.3) is 0 Å². The molecule has 0 heterocycles. The first-order chi connectivity index (χ1) is 6.69. The van der Waals surface area contributed by atoms with E-state index in [0.29, 0.717) is 6.42 Å². The lowest BCUT2D eigenvalue weighted by Crippen LogP contribution is -2.28. The van der Waals surface area contributed by atoms with Crippen LogP contribution in [0.5, 0.6) is 0 Å². The first-order valence-electron chi connectivity index (χ1n) is 4.67. The normalized spacial score (nSPS) is 12.6. The van der Waals surface area contributed by atoms with Crippen LogP contribution in [0, 0.1) is 5.41 Å². The maximum absolute atomic E-state index is 11.4. The third-order valence-electron chi connectivity index (χ3n) is 2.09. The lowest BCUT2D eigenvalue weighted by atomic mass is 9.91. The maximum Gasteiger partial charge on any atom is 0.400 e. The van der Waals surface area contributed by atoms with Gasteiger partial charge in [0.1, 0.15) is 6.61 Å².